The van der Waals surface area contributed by atoms with Crippen molar-refractivity contribution in [2.45, 2.75) is 32.2 Å². The highest BCUT2D eigenvalue weighted by atomic mass is 35.5. The molecule has 0 atom stereocenters. The summed E-state index contributed by atoms with van der Waals surface area (Å²) in [5.74, 6) is 0.536. The zero-order valence-corrected chi connectivity index (χ0v) is 13.2. The molecule has 6 heteroatoms. The molecule has 1 aromatic rings. The number of nitrogens with one attached hydrogen (secondary N) is 1. The van der Waals surface area contributed by atoms with Crippen LogP contribution in [0.4, 0.5) is 0 Å². The lowest BCUT2D eigenvalue weighted by atomic mass is 10.1. The van der Waals surface area contributed by atoms with E-state index in [0.29, 0.717) is 41.8 Å². The van der Waals surface area contributed by atoms with Crippen molar-refractivity contribution in [2.24, 2.45) is 5.73 Å². The van der Waals surface area contributed by atoms with E-state index in [9.17, 15) is 4.79 Å². The predicted octanol–water partition coefficient (Wildman–Crippen LogP) is 3.01. The van der Waals surface area contributed by atoms with Gasteiger partial charge in [0.1, 0.15) is 5.75 Å². The Kier molecular flexibility index (Phi) is 6.59. The van der Waals surface area contributed by atoms with Gasteiger partial charge in [0.2, 0.25) is 5.91 Å². The van der Waals surface area contributed by atoms with Crippen LogP contribution >= 0.6 is 23.2 Å². The topological polar surface area (TPSA) is 64.3 Å². The molecule has 0 saturated carbocycles. The van der Waals surface area contributed by atoms with Crippen molar-refractivity contribution < 1.29 is 9.53 Å². The molecule has 0 aliphatic rings. The Morgan fingerprint density at radius 1 is 1.40 bits per heavy atom. The smallest absolute Gasteiger partial charge is 0.220 e. The van der Waals surface area contributed by atoms with Crippen LogP contribution in [0.1, 0.15) is 26.7 Å². The molecule has 0 aliphatic carbocycles. The van der Waals surface area contributed by atoms with Crippen molar-refractivity contribution in [2.75, 3.05) is 13.2 Å². The van der Waals surface area contributed by atoms with Crippen LogP contribution < -0.4 is 15.8 Å². The van der Waals surface area contributed by atoms with Crippen LogP contribution in [0.5, 0.6) is 5.75 Å². The number of halogens is 2. The number of nitrogens with two attached hydrogens (primary N) is 1. The molecule has 0 spiro atoms. The Balaban J connectivity index is 2.23. The highest BCUT2D eigenvalue weighted by Gasteiger charge is 2.12. The normalized spacial score (nSPS) is 11.2. The third-order valence-electron chi connectivity index (χ3n) is 2.44. The largest absolute Gasteiger partial charge is 0.492 e. The molecule has 3 N–H and O–H groups in total. The molecule has 0 radical (unpaired) electrons. The van der Waals surface area contributed by atoms with Gasteiger partial charge in [0.15, 0.2) is 0 Å². The van der Waals surface area contributed by atoms with E-state index in [-0.39, 0.29) is 5.91 Å². The summed E-state index contributed by atoms with van der Waals surface area (Å²) >= 11 is 11.8. The third kappa shape index (κ3) is 6.98. The van der Waals surface area contributed by atoms with Crippen molar-refractivity contribution in [3.63, 3.8) is 0 Å². The molecule has 20 heavy (non-hydrogen) atoms. The number of rotatable bonds is 7. The van der Waals surface area contributed by atoms with E-state index in [4.69, 9.17) is 33.7 Å². The molecule has 1 rings (SSSR count). The predicted molar refractivity (Wildman–Crippen MR) is 82.5 cm³/mol. The van der Waals surface area contributed by atoms with Crippen molar-refractivity contribution in [3.8, 4) is 5.75 Å². The molecule has 0 bridgehead atoms. The molecule has 4 nitrogen and oxygen atoms in total. The van der Waals surface area contributed by atoms with Crippen LogP contribution in [0, 0.1) is 0 Å². The average molecular weight is 319 g/mol. The summed E-state index contributed by atoms with van der Waals surface area (Å²) in [6.07, 6.45) is 0.997. The molecule has 1 amide bonds. The second-order valence-corrected chi connectivity index (χ2v) is 6.14. The highest BCUT2D eigenvalue weighted by Crippen LogP contribution is 2.27. The fourth-order valence-electron chi connectivity index (χ4n) is 1.42. The summed E-state index contributed by atoms with van der Waals surface area (Å²) in [4.78, 5) is 11.5. The zero-order chi connectivity index (χ0) is 15.2. The zero-order valence-electron chi connectivity index (χ0n) is 11.7. The monoisotopic (exact) mass is 318 g/mol. The van der Waals surface area contributed by atoms with E-state index < -0.39 is 5.54 Å². The molecule has 1 aromatic carbocycles. The number of ether oxygens (including phenoxy) is 1. The lowest BCUT2D eigenvalue weighted by molar-refractivity contribution is -0.121. The van der Waals surface area contributed by atoms with E-state index in [0.717, 1.165) is 0 Å². The summed E-state index contributed by atoms with van der Waals surface area (Å²) in [5, 5.41) is 3.80. The van der Waals surface area contributed by atoms with Gasteiger partial charge in [-0.1, -0.05) is 23.2 Å². The lowest BCUT2D eigenvalue weighted by Gasteiger charge is -2.18. The van der Waals surface area contributed by atoms with Crippen LogP contribution in [0.15, 0.2) is 18.2 Å². The molecule has 0 aliphatic heterocycles. The van der Waals surface area contributed by atoms with Crippen LogP contribution in [-0.4, -0.2) is 24.6 Å². The van der Waals surface area contributed by atoms with Gasteiger partial charge in [-0.2, -0.15) is 0 Å². The van der Waals surface area contributed by atoms with E-state index in [1.807, 2.05) is 13.8 Å². The van der Waals surface area contributed by atoms with Crippen LogP contribution in [0.25, 0.3) is 0 Å². The summed E-state index contributed by atoms with van der Waals surface area (Å²) in [6.45, 7) is 4.59. The van der Waals surface area contributed by atoms with Gasteiger partial charge in [-0.15, -0.1) is 0 Å². The van der Waals surface area contributed by atoms with Gasteiger partial charge in [-0.3, -0.25) is 4.79 Å². The van der Waals surface area contributed by atoms with Gasteiger partial charge in [0.05, 0.1) is 11.6 Å². The van der Waals surface area contributed by atoms with Crippen molar-refractivity contribution in [1.82, 2.24) is 5.32 Å². The quantitative estimate of drug-likeness (QED) is 0.759. The summed E-state index contributed by atoms with van der Waals surface area (Å²) in [6, 6.07) is 5.04. The number of carbonyl (C=O) groups excluding carboxylic acids is 1. The molecular weight excluding hydrogens is 299 g/mol. The Bertz CT molecular complexity index is 459. The molecule has 0 fully saturated rings. The van der Waals surface area contributed by atoms with Crippen LogP contribution in [0.2, 0.25) is 10.0 Å². The molecule has 0 saturated heterocycles. The van der Waals surface area contributed by atoms with Gasteiger partial charge >= 0.3 is 0 Å². The molecule has 0 unspecified atom stereocenters. The second-order valence-electron chi connectivity index (χ2n) is 5.29. The molecule has 0 heterocycles. The van der Waals surface area contributed by atoms with Gasteiger partial charge in [-0.05, 0) is 38.5 Å². The first-order valence-electron chi connectivity index (χ1n) is 6.41. The van der Waals surface area contributed by atoms with E-state index in [1.165, 1.54) is 0 Å². The number of benzene rings is 1. The summed E-state index contributed by atoms with van der Waals surface area (Å²) in [5.41, 5.74) is 5.38. The van der Waals surface area contributed by atoms with Crippen molar-refractivity contribution in [1.29, 1.82) is 0 Å². The minimum Gasteiger partial charge on any atom is -0.492 e. The Hall–Kier alpha value is -0.970. The summed E-state index contributed by atoms with van der Waals surface area (Å²) in [7, 11) is 0. The highest BCUT2D eigenvalue weighted by molar-refractivity contribution is 6.35. The molecule has 0 aromatic heterocycles. The molecule has 112 valence electrons. The standard InChI is InChI=1S/C14H20Cl2N2O2/c1-14(2,17)9-18-13(19)4-3-7-20-12-6-5-10(15)8-11(12)16/h5-6,8H,3-4,7,9,17H2,1-2H3,(H,18,19). The maximum atomic E-state index is 11.5. The fraction of sp³-hybridized carbons (Fsp3) is 0.500. The maximum Gasteiger partial charge on any atom is 0.220 e. The average Bonchev–Trinajstić information content (AvgIpc) is 2.33. The number of amides is 1. The van der Waals surface area contributed by atoms with Gasteiger partial charge < -0.3 is 15.8 Å². The fourth-order valence-corrected chi connectivity index (χ4v) is 1.88. The van der Waals surface area contributed by atoms with Crippen LogP contribution in [0.3, 0.4) is 0 Å². The second kappa shape index (κ2) is 7.72. The van der Waals surface area contributed by atoms with E-state index >= 15 is 0 Å². The number of carbonyl (C=O) groups is 1. The van der Waals surface area contributed by atoms with Crippen molar-refractivity contribution >= 4 is 29.1 Å². The van der Waals surface area contributed by atoms with E-state index in [1.54, 1.807) is 18.2 Å². The third-order valence-corrected chi connectivity index (χ3v) is 2.97. The number of hydrogen-bond acceptors (Lipinski definition) is 3. The minimum absolute atomic E-state index is 0.0330. The van der Waals surface area contributed by atoms with Crippen molar-refractivity contribution in [3.05, 3.63) is 28.2 Å². The molecular formula is C14H20Cl2N2O2. The van der Waals surface area contributed by atoms with Crippen LogP contribution in [-0.2, 0) is 4.79 Å². The minimum atomic E-state index is -0.400. The summed E-state index contributed by atoms with van der Waals surface area (Å²) < 4.78 is 5.49. The SMILES string of the molecule is CC(C)(N)CNC(=O)CCCOc1ccc(Cl)cc1Cl. The van der Waals surface area contributed by atoms with E-state index in [2.05, 4.69) is 5.32 Å². The Morgan fingerprint density at radius 2 is 2.10 bits per heavy atom. The first-order valence-corrected chi connectivity index (χ1v) is 7.17. The number of hydrogen-bond donors (Lipinski definition) is 2. The lowest BCUT2D eigenvalue weighted by Crippen LogP contribution is -2.45. The Labute approximate surface area is 129 Å². The first kappa shape index (κ1) is 17.1. The van der Waals surface area contributed by atoms with Gasteiger partial charge in [0.25, 0.3) is 0 Å². The first-order chi connectivity index (χ1) is 9.28. The van der Waals surface area contributed by atoms with Gasteiger partial charge in [0, 0.05) is 23.5 Å². The maximum absolute atomic E-state index is 11.5. The van der Waals surface area contributed by atoms with Gasteiger partial charge in [-0.25, -0.2) is 0 Å². The Morgan fingerprint density at radius 3 is 2.70 bits per heavy atom.